The molecule has 0 aromatic heterocycles. The first-order valence-electron chi connectivity index (χ1n) is 6.19. The van der Waals surface area contributed by atoms with E-state index in [2.05, 4.69) is 4.72 Å². The molecule has 2 rings (SSSR count). The molecular formula is C13H14N2O5S. The Labute approximate surface area is 122 Å². The standard InChI is InChI=1S/C13H14N2O5S/c1-8-2-3-9(5-14)4-12(8)21(18,19)15-11-7-20-6-10(11)13(16)17/h2-4,10-11,15H,6-7H2,1H3,(H,16,17). The number of hydrogen-bond acceptors (Lipinski definition) is 5. The number of nitriles is 1. The lowest BCUT2D eigenvalue weighted by Gasteiger charge is -2.17. The van der Waals surface area contributed by atoms with Gasteiger partial charge in [-0.2, -0.15) is 5.26 Å². The fourth-order valence-corrected chi connectivity index (χ4v) is 3.67. The van der Waals surface area contributed by atoms with Crippen LogP contribution in [0.1, 0.15) is 11.1 Å². The average molecular weight is 310 g/mol. The van der Waals surface area contributed by atoms with Crippen molar-refractivity contribution in [2.24, 2.45) is 5.92 Å². The van der Waals surface area contributed by atoms with E-state index in [1.807, 2.05) is 6.07 Å². The molecule has 1 aromatic rings. The molecule has 2 atom stereocenters. The number of carbonyl (C=O) groups is 1. The Hall–Kier alpha value is -1.95. The Morgan fingerprint density at radius 1 is 1.48 bits per heavy atom. The van der Waals surface area contributed by atoms with Gasteiger partial charge < -0.3 is 9.84 Å². The number of nitrogens with zero attached hydrogens (tertiary/aromatic N) is 1. The van der Waals surface area contributed by atoms with Crippen molar-refractivity contribution < 1.29 is 23.1 Å². The van der Waals surface area contributed by atoms with Crippen LogP contribution in [0.15, 0.2) is 23.1 Å². The molecule has 112 valence electrons. The fraction of sp³-hybridized carbons (Fsp3) is 0.385. The molecule has 0 amide bonds. The summed E-state index contributed by atoms with van der Waals surface area (Å²) < 4.78 is 32.1. The van der Waals surface area contributed by atoms with Crippen LogP contribution < -0.4 is 4.72 Å². The summed E-state index contributed by atoms with van der Waals surface area (Å²) in [6.07, 6.45) is 0. The normalized spacial score (nSPS) is 21.9. The van der Waals surface area contributed by atoms with E-state index in [0.29, 0.717) is 5.56 Å². The molecule has 0 spiro atoms. The smallest absolute Gasteiger partial charge is 0.310 e. The van der Waals surface area contributed by atoms with Gasteiger partial charge in [0.2, 0.25) is 10.0 Å². The maximum Gasteiger partial charge on any atom is 0.310 e. The number of rotatable bonds is 4. The van der Waals surface area contributed by atoms with Gasteiger partial charge in [0, 0.05) is 0 Å². The minimum Gasteiger partial charge on any atom is -0.481 e. The van der Waals surface area contributed by atoms with Crippen molar-refractivity contribution in [1.29, 1.82) is 5.26 Å². The molecule has 2 N–H and O–H groups in total. The second kappa shape index (κ2) is 5.81. The Kier molecular flexibility index (Phi) is 4.27. The van der Waals surface area contributed by atoms with Crippen LogP contribution >= 0.6 is 0 Å². The highest BCUT2D eigenvalue weighted by Gasteiger charge is 2.37. The largest absolute Gasteiger partial charge is 0.481 e. The molecule has 1 aliphatic rings. The highest BCUT2D eigenvalue weighted by molar-refractivity contribution is 7.89. The minimum atomic E-state index is -3.92. The first-order chi connectivity index (χ1) is 9.85. The van der Waals surface area contributed by atoms with Crippen LogP contribution in [-0.2, 0) is 19.6 Å². The number of ether oxygens (including phenoxy) is 1. The molecule has 0 bridgehead atoms. The molecule has 1 saturated heterocycles. The molecule has 2 unspecified atom stereocenters. The van der Waals surface area contributed by atoms with E-state index in [4.69, 9.17) is 15.1 Å². The van der Waals surface area contributed by atoms with Crippen LogP contribution in [0.2, 0.25) is 0 Å². The van der Waals surface area contributed by atoms with E-state index < -0.39 is 28.0 Å². The zero-order chi connectivity index (χ0) is 15.6. The van der Waals surface area contributed by atoms with Gasteiger partial charge in [-0.05, 0) is 24.6 Å². The number of nitrogens with one attached hydrogen (secondary N) is 1. The minimum absolute atomic E-state index is 0.00713. The van der Waals surface area contributed by atoms with E-state index in [1.165, 1.54) is 18.2 Å². The summed E-state index contributed by atoms with van der Waals surface area (Å²) in [6.45, 7) is 1.59. The topological polar surface area (TPSA) is 116 Å². The number of aryl methyl sites for hydroxylation is 1. The molecule has 1 aromatic carbocycles. The van der Waals surface area contributed by atoms with E-state index in [0.717, 1.165) is 0 Å². The quantitative estimate of drug-likeness (QED) is 0.823. The predicted octanol–water partition coefficient (Wildman–Crippen LogP) is 0.245. The first kappa shape index (κ1) is 15.4. The number of aliphatic carboxylic acids is 1. The van der Waals surface area contributed by atoms with Gasteiger partial charge in [-0.25, -0.2) is 13.1 Å². The second-order valence-corrected chi connectivity index (χ2v) is 6.48. The lowest BCUT2D eigenvalue weighted by Crippen LogP contribution is -2.42. The number of hydrogen-bond donors (Lipinski definition) is 2. The molecule has 7 nitrogen and oxygen atoms in total. The lowest BCUT2D eigenvalue weighted by atomic mass is 10.1. The molecular weight excluding hydrogens is 296 g/mol. The third-order valence-electron chi connectivity index (χ3n) is 3.31. The summed E-state index contributed by atoms with van der Waals surface area (Å²) in [4.78, 5) is 11.0. The Morgan fingerprint density at radius 3 is 2.81 bits per heavy atom. The van der Waals surface area contributed by atoms with Crippen LogP contribution in [0.5, 0.6) is 0 Å². The summed E-state index contributed by atoms with van der Waals surface area (Å²) in [5.41, 5.74) is 0.700. The summed E-state index contributed by atoms with van der Waals surface area (Å²) >= 11 is 0. The third-order valence-corrected chi connectivity index (χ3v) is 4.94. The van der Waals surface area contributed by atoms with Crippen LogP contribution in [0.25, 0.3) is 0 Å². The molecule has 8 heteroatoms. The lowest BCUT2D eigenvalue weighted by molar-refractivity contribution is -0.142. The van der Waals surface area contributed by atoms with Gasteiger partial charge in [-0.3, -0.25) is 4.79 Å². The van der Waals surface area contributed by atoms with Gasteiger partial charge in [0.1, 0.15) is 0 Å². The molecule has 1 fully saturated rings. The third kappa shape index (κ3) is 3.21. The molecule has 0 saturated carbocycles. The summed E-state index contributed by atoms with van der Waals surface area (Å²) in [7, 11) is -3.92. The Morgan fingerprint density at radius 2 is 2.19 bits per heavy atom. The Balaban J connectivity index is 2.31. The number of sulfonamides is 1. The molecule has 21 heavy (non-hydrogen) atoms. The predicted molar refractivity (Wildman–Crippen MR) is 71.9 cm³/mol. The van der Waals surface area contributed by atoms with Gasteiger partial charge in [0.05, 0.1) is 41.7 Å². The zero-order valence-electron chi connectivity index (χ0n) is 11.2. The Bertz CT molecular complexity index is 708. The molecule has 1 aliphatic heterocycles. The fourth-order valence-electron chi connectivity index (χ4n) is 2.14. The number of carboxylic acids is 1. The second-order valence-electron chi connectivity index (χ2n) is 4.80. The van der Waals surface area contributed by atoms with Crippen LogP contribution in [0.3, 0.4) is 0 Å². The van der Waals surface area contributed by atoms with Gasteiger partial charge in [-0.1, -0.05) is 6.07 Å². The zero-order valence-corrected chi connectivity index (χ0v) is 12.1. The van der Waals surface area contributed by atoms with Crippen molar-refractivity contribution in [2.75, 3.05) is 13.2 Å². The highest BCUT2D eigenvalue weighted by Crippen LogP contribution is 2.20. The average Bonchev–Trinajstić information content (AvgIpc) is 2.86. The monoisotopic (exact) mass is 310 g/mol. The number of carboxylic acid groups (broad SMARTS) is 1. The van der Waals surface area contributed by atoms with E-state index in [-0.39, 0.29) is 23.7 Å². The summed E-state index contributed by atoms with van der Waals surface area (Å²) in [5, 5.41) is 17.9. The van der Waals surface area contributed by atoms with Crippen molar-refractivity contribution in [2.45, 2.75) is 17.9 Å². The SMILES string of the molecule is Cc1ccc(C#N)cc1S(=O)(=O)NC1COCC1C(=O)O. The van der Waals surface area contributed by atoms with Crippen LogP contribution in [-0.4, -0.2) is 38.7 Å². The van der Waals surface area contributed by atoms with Gasteiger partial charge >= 0.3 is 5.97 Å². The maximum absolute atomic E-state index is 12.4. The highest BCUT2D eigenvalue weighted by atomic mass is 32.2. The van der Waals surface area contributed by atoms with Gasteiger partial charge in [0.15, 0.2) is 0 Å². The van der Waals surface area contributed by atoms with E-state index >= 15 is 0 Å². The van der Waals surface area contributed by atoms with Crippen molar-refractivity contribution in [1.82, 2.24) is 4.72 Å². The van der Waals surface area contributed by atoms with Gasteiger partial charge in [-0.15, -0.1) is 0 Å². The van der Waals surface area contributed by atoms with Crippen LogP contribution in [0.4, 0.5) is 0 Å². The van der Waals surface area contributed by atoms with Crippen molar-refractivity contribution in [3.05, 3.63) is 29.3 Å². The van der Waals surface area contributed by atoms with Crippen molar-refractivity contribution in [3.63, 3.8) is 0 Å². The van der Waals surface area contributed by atoms with Crippen LogP contribution in [0, 0.1) is 24.2 Å². The molecule has 0 aliphatic carbocycles. The molecule has 0 radical (unpaired) electrons. The summed E-state index contributed by atoms with van der Waals surface area (Å²) in [6, 6.07) is 5.38. The maximum atomic E-state index is 12.4. The van der Waals surface area contributed by atoms with Gasteiger partial charge in [0.25, 0.3) is 0 Å². The van der Waals surface area contributed by atoms with Crippen molar-refractivity contribution in [3.8, 4) is 6.07 Å². The van der Waals surface area contributed by atoms with E-state index in [9.17, 15) is 13.2 Å². The number of benzene rings is 1. The first-order valence-corrected chi connectivity index (χ1v) is 7.67. The van der Waals surface area contributed by atoms with Crippen molar-refractivity contribution >= 4 is 16.0 Å². The molecule has 1 heterocycles. The van der Waals surface area contributed by atoms with E-state index in [1.54, 1.807) is 6.92 Å². The summed E-state index contributed by atoms with van der Waals surface area (Å²) in [5.74, 6) is -2.03.